The summed E-state index contributed by atoms with van der Waals surface area (Å²) in [6.07, 6.45) is 9.17. The summed E-state index contributed by atoms with van der Waals surface area (Å²) in [5, 5.41) is 6.74. The molecule has 0 spiro atoms. The molecule has 0 saturated heterocycles. The zero-order valence-corrected chi connectivity index (χ0v) is 19.8. The van der Waals surface area contributed by atoms with Crippen molar-refractivity contribution in [2.24, 2.45) is 0 Å². The molecule has 186 valence electrons. The summed E-state index contributed by atoms with van der Waals surface area (Å²) in [6, 6.07) is 8.10. The monoisotopic (exact) mass is 499 g/mol. The maximum Gasteiger partial charge on any atom is 0.333 e. The minimum absolute atomic E-state index is 0. The van der Waals surface area contributed by atoms with Gasteiger partial charge in [-0.15, -0.1) is 0 Å². The summed E-state index contributed by atoms with van der Waals surface area (Å²) in [7, 11) is -4.14. The van der Waals surface area contributed by atoms with Gasteiger partial charge >= 0.3 is 6.03 Å². The van der Waals surface area contributed by atoms with Crippen molar-refractivity contribution in [1.29, 1.82) is 0 Å². The van der Waals surface area contributed by atoms with Gasteiger partial charge in [0.2, 0.25) is 5.88 Å². The molecule has 1 aromatic carbocycles. The number of fused-ring (bicyclic) bond motifs is 1. The van der Waals surface area contributed by atoms with Crippen LogP contribution in [-0.2, 0) is 16.4 Å². The molecule has 10 nitrogen and oxygen atoms in total. The zero-order chi connectivity index (χ0) is 24.0. The predicted octanol–water partition coefficient (Wildman–Crippen LogP) is 4.15. The number of anilines is 1. The van der Waals surface area contributed by atoms with Crippen molar-refractivity contribution in [3.63, 3.8) is 0 Å². The first-order valence-electron chi connectivity index (χ1n) is 11.8. The number of nitrogens with one attached hydrogen (secondary N) is 2. The molecule has 2 fully saturated rings. The summed E-state index contributed by atoms with van der Waals surface area (Å²) < 4.78 is 40.9. The molecule has 2 aliphatic carbocycles. The highest BCUT2D eigenvalue weighted by Crippen LogP contribution is 2.40. The number of rotatable bonds is 7. The number of hydrogen-bond donors (Lipinski definition) is 2. The maximum absolute atomic E-state index is 12.9. The minimum atomic E-state index is -4.14. The highest BCUT2D eigenvalue weighted by molar-refractivity contribution is 7.90. The predicted molar refractivity (Wildman–Crippen MR) is 131 cm³/mol. The molecule has 11 heteroatoms. The lowest BCUT2D eigenvalue weighted by molar-refractivity contribution is 0.256. The van der Waals surface area contributed by atoms with Gasteiger partial charge in [0.05, 0.1) is 18.3 Å². The van der Waals surface area contributed by atoms with E-state index in [0.29, 0.717) is 30.3 Å². The second-order valence-electron chi connectivity index (χ2n) is 9.04. The van der Waals surface area contributed by atoms with Crippen LogP contribution < -0.4 is 19.5 Å². The summed E-state index contributed by atoms with van der Waals surface area (Å²) >= 11 is 0. The van der Waals surface area contributed by atoms with Crippen LogP contribution in [0, 0.1) is 0 Å². The van der Waals surface area contributed by atoms with Crippen LogP contribution in [-0.4, -0.2) is 41.9 Å². The maximum atomic E-state index is 12.9. The second kappa shape index (κ2) is 8.56. The lowest BCUT2D eigenvalue weighted by Crippen LogP contribution is -2.35. The van der Waals surface area contributed by atoms with Crippen LogP contribution in [0.2, 0.25) is 0 Å². The number of aromatic nitrogens is 3. The number of carbonyl (C=O) groups excluding carboxylic acids is 1. The third kappa shape index (κ3) is 4.43. The fourth-order valence-electron chi connectivity index (χ4n) is 4.29. The van der Waals surface area contributed by atoms with Crippen molar-refractivity contribution in [1.82, 2.24) is 19.5 Å². The number of carbonyl (C=O) groups is 1. The average molecular weight is 500 g/mol. The molecular formula is C24H29N5O5S. The van der Waals surface area contributed by atoms with Gasteiger partial charge in [0.1, 0.15) is 11.9 Å². The van der Waals surface area contributed by atoms with Gasteiger partial charge in [-0.05, 0) is 61.9 Å². The molecular weight excluding hydrogens is 470 g/mol. The summed E-state index contributed by atoms with van der Waals surface area (Å²) in [4.78, 5) is 17.2. The Hall–Kier alpha value is -3.60. The van der Waals surface area contributed by atoms with Crippen LogP contribution in [0.1, 0.15) is 46.6 Å². The molecule has 1 aliphatic heterocycles. The van der Waals surface area contributed by atoms with E-state index < -0.39 is 16.1 Å². The number of benzene rings is 1. The highest BCUT2D eigenvalue weighted by Gasteiger charge is 2.28. The lowest BCUT2D eigenvalue weighted by atomic mass is 9.93. The van der Waals surface area contributed by atoms with Crippen molar-refractivity contribution in [3.8, 4) is 22.8 Å². The number of pyridine rings is 1. The van der Waals surface area contributed by atoms with Crippen LogP contribution >= 0.6 is 0 Å². The van der Waals surface area contributed by atoms with Gasteiger partial charge in [-0.2, -0.15) is 13.5 Å². The molecule has 3 aliphatic rings. The quantitative estimate of drug-likeness (QED) is 0.500. The van der Waals surface area contributed by atoms with Gasteiger partial charge in [-0.1, -0.05) is 0 Å². The van der Waals surface area contributed by atoms with E-state index in [9.17, 15) is 13.2 Å². The number of hydrogen-bond acceptors (Lipinski definition) is 7. The number of urea groups is 1. The Kier molecular flexibility index (Phi) is 5.36. The van der Waals surface area contributed by atoms with Crippen molar-refractivity contribution >= 4 is 21.7 Å². The summed E-state index contributed by atoms with van der Waals surface area (Å²) in [5.41, 5.74) is 2.82. The molecule has 3 heterocycles. The Morgan fingerprint density at radius 1 is 1.17 bits per heavy atom. The van der Waals surface area contributed by atoms with Crippen LogP contribution in [0.5, 0.6) is 11.6 Å². The smallest absolute Gasteiger partial charge is 0.333 e. The Morgan fingerprint density at radius 2 is 2.03 bits per heavy atom. The molecule has 0 bridgehead atoms. The average Bonchev–Trinajstić information content (AvgIpc) is 3.26. The fraction of sp³-hybridized carbons (Fsp3) is 0.375. The van der Waals surface area contributed by atoms with E-state index in [1.165, 1.54) is 6.07 Å². The van der Waals surface area contributed by atoms with Crippen molar-refractivity contribution in [3.05, 3.63) is 48.3 Å². The second-order valence-corrected chi connectivity index (χ2v) is 10.7. The van der Waals surface area contributed by atoms with Gasteiger partial charge < -0.3 is 14.8 Å². The number of amides is 2. The normalized spacial score (nSPS) is 17.3. The van der Waals surface area contributed by atoms with E-state index in [1.54, 1.807) is 17.1 Å². The highest BCUT2D eigenvalue weighted by atomic mass is 32.2. The molecule has 6 rings (SSSR count). The Bertz CT molecular complexity index is 1410. The third-order valence-electron chi connectivity index (χ3n) is 6.51. The Balaban J connectivity index is 0.00000160. The van der Waals surface area contributed by atoms with Crippen molar-refractivity contribution < 1.29 is 25.5 Å². The van der Waals surface area contributed by atoms with E-state index in [2.05, 4.69) is 20.1 Å². The molecule has 2 amide bonds. The van der Waals surface area contributed by atoms with E-state index in [0.717, 1.165) is 48.8 Å². The molecule has 2 N–H and O–H groups in total. The standard InChI is InChI=1S/C24H25N5O5S.2H2/c30-24(28-35(31,32)22-9-12-29(27-22)16-2-1-3-16)26-23-18(6-7-20-19(23)10-13-33-20)15-8-11-25-21(14-15)34-17-4-5-17;;/h6-9,11-12,14,16-17H,1-5,10,13H2,(H2,26,28,30);2*1H. The van der Waals surface area contributed by atoms with E-state index >= 15 is 0 Å². The van der Waals surface area contributed by atoms with Crippen LogP contribution in [0.4, 0.5) is 10.5 Å². The van der Waals surface area contributed by atoms with Crippen LogP contribution in [0.3, 0.4) is 0 Å². The van der Waals surface area contributed by atoms with Gasteiger partial charge in [0.25, 0.3) is 10.0 Å². The Morgan fingerprint density at radius 3 is 2.80 bits per heavy atom. The number of nitrogens with zero attached hydrogens (tertiary/aromatic N) is 3. The first-order chi connectivity index (χ1) is 17.0. The van der Waals surface area contributed by atoms with Crippen molar-refractivity contribution in [2.75, 3.05) is 11.9 Å². The van der Waals surface area contributed by atoms with E-state index in [-0.39, 0.29) is 20.0 Å². The SMILES string of the molecule is O=C(Nc1c(-c2ccnc(OC3CC3)c2)ccc2c1CCO2)NS(=O)(=O)c1ccn(C2CCC2)n1.[HH].[HH]. The van der Waals surface area contributed by atoms with Gasteiger partial charge in [-0.3, -0.25) is 4.68 Å². The molecule has 0 atom stereocenters. The fourth-order valence-corrected chi connectivity index (χ4v) is 5.13. The Labute approximate surface area is 205 Å². The van der Waals surface area contributed by atoms with Crippen molar-refractivity contribution in [2.45, 2.75) is 55.7 Å². The first-order valence-corrected chi connectivity index (χ1v) is 13.3. The number of ether oxygens (including phenoxy) is 2. The van der Waals surface area contributed by atoms with Crippen LogP contribution in [0.25, 0.3) is 11.1 Å². The summed E-state index contributed by atoms with van der Waals surface area (Å²) in [5.74, 6) is 1.18. The third-order valence-corrected chi connectivity index (χ3v) is 7.73. The van der Waals surface area contributed by atoms with Crippen LogP contribution in [0.15, 0.2) is 47.8 Å². The lowest BCUT2D eigenvalue weighted by Gasteiger charge is -2.25. The largest absolute Gasteiger partial charge is 0.493 e. The van der Waals surface area contributed by atoms with E-state index in [4.69, 9.17) is 9.47 Å². The molecule has 0 radical (unpaired) electrons. The van der Waals surface area contributed by atoms with Gasteiger partial charge in [0.15, 0.2) is 5.03 Å². The summed E-state index contributed by atoms with van der Waals surface area (Å²) in [6.45, 7) is 0.484. The van der Waals surface area contributed by atoms with Gasteiger partial charge in [0, 0.05) is 38.9 Å². The molecule has 3 aromatic rings. The molecule has 2 saturated carbocycles. The molecule has 0 unspecified atom stereocenters. The first kappa shape index (κ1) is 21.9. The van der Waals surface area contributed by atoms with Gasteiger partial charge in [-0.25, -0.2) is 14.5 Å². The minimum Gasteiger partial charge on any atom is -0.493 e. The number of sulfonamides is 1. The zero-order valence-electron chi connectivity index (χ0n) is 18.9. The topological polar surface area (TPSA) is 124 Å². The molecule has 2 aromatic heterocycles. The molecule has 35 heavy (non-hydrogen) atoms. The van der Waals surface area contributed by atoms with E-state index in [1.807, 2.05) is 24.3 Å².